The minimum atomic E-state index is -0.287. The lowest BCUT2D eigenvalue weighted by molar-refractivity contribution is 0.484. The molecule has 5 aromatic carbocycles. The molecule has 47 heavy (non-hydrogen) atoms. The largest absolute Gasteiger partial charge is 0.0764 e. The summed E-state index contributed by atoms with van der Waals surface area (Å²) >= 11 is 0. The molecule has 2 aliphatic rings. The molecule has 236 valence electrons. The van der Waals surface area contributed by atoms with Crippen LogP contribution in [0.5, 0.6) is 0 Å². The molecule has 1 atom stereocenters. The van der Waals surface area contributed by atoms with Crippen LogP contribution >= 0.6 is 0 Å². The van der Waals surface area contributed by atoms with Crippen molar-refractivity contribution in [1.82, 2.24) is 0 Å². The van der Waals surface area contributed by atoms with E-state index in [1.807, 2.05) is 0 Å². The van der Waals surface area contributed by atoms with E-state index in [1.54, 1.807) is 0 Å². The van der Waals surface area contributed by atoms with E-state index in [4.69, 9.17) is 0 Å². The fraction of sp³-hybridized carbons (Fsp3) is 0.277. The lowest BCUT2D eigenvalue weighted by atomic mass is 9.62. The minimum Gasteiger partial charge on any atom is -0.0764 e. The van der Waals surface area contributed by atoms with Crippen molar-refractivity contribution in [1.29, 1.82) is 0 Å². The fourth-order valence-corrected chi connectivity index (χ4v) is 8.15. The maximum absolute atomic E-state index is 2.57. The molecule has 0 aliphatic heterocycles. The van der Waals surface area contributed by atoms with E-state index in [9.17, 15) is 0 Å². The first kappa shape index (κ1) is 31.2. The van der Waals surface area contributed by atoms with Crippen LogP contribution in [-0.2, 0) is 22.7 Å². The SMILES string of the molecule is Cc1ccc(C(C)(c2c3c(cc(C(C)(C)C)c2-c2ccccc2)-c2cc(C(C)(C)C)c(-c4ccccc4)cc2C3)C2C=CC=C2)cc1. The molecule has 0 nitrogen and oxygen atoms in total. The lowest BCUT2D eigenvalue weighted by Gasteiger charge is -2.41. The Hall–Kier alpha value is -4.42. The second-order valence-corrected chi connectivity index (χ2v) is 16.0. The summed E-state index contributed by atoms with van der Waals surface area (Å²) in [4.78, 5) is 0. The molecule has 0 bridgehead atoms. The highest BCUT2D eigenvalue weighted by molar-refractivity contribution is 5.89. The van der Waals surface area contributed by atoms with Crippen LogP contribution in [0, 0.1) is 12.8 Å². The van der Waals surface area contributed by atoms with Gasteiger partial charge in [0.15, 0.2) is 0 Å². The maximum atomic E-state index is 2.57. The quantitative estimate of drug-likeness (QED) is 0.182. The first-order valence-electron chi connectivity index (χ1n) is 17.3. The van der Waals surface area contributed by atoms with Crippen molar-refractivity contribution in [2.24, 2.45) is 5.92 Å². The Morgan fingerprint density at radius 3 is 1.68 bits per heavy atom. The Labute approximate surface area is 282 Å². The first-order chi connectivity index (χ1) is 22.4. The predicted molar refractivity (Wildman–Crippen MR) is 202 cm³/mol. The third-order valence-corrected chi connectivity index (χ3v) is 10.7. The van der Waals surface area contributed by atoms with Gasteiger partial charge in [-0.1, -0.05) is 163 Å². The zero-order valence-electron chi connectivity index (χ0n) is 29.4. The summed E-state index contributed by atoms with van der Waals surface area (Å²) in [6, 6.07) is 39.2. The number of aryl methyl sites for hydroxylation is 1. The van der Waals surface area contributed by atoms with Gasteiger partial charge in [0, 0.05) is 11.3 Å². The Kier molecular flexibility index (Phi) is 7.55. The normalized spacial score (nSPS) is 15.5. The van der Waals surface area contributed by atoms with Gasteiger partial charge in [0.25, 0.3) is 0 Å². The Morgan fingerprint density at radius 2 is 1.11 bits per heavy atom. The molecule has 1 unspecified atom stereocenters. The van der Waals surface area contributed by atoms with Crippen molar-refractivity contribution in [3.8, 4) is 33.4 Å². The van der Waals surface area contributed by atoms with E-state index in [0.717, 1.165) is 6.42 Å². The van der Waals surface area contributed by atoms with Crippen LogP contribution in [0.2, 0.25) is 0 Å². The summed E-state index contributed by atoms with van der Waals surface area (Å²) in [7, 11) is 0. The smallest absolute Gasteiger partial charge is 0.0281 e. The van der Waals surface area contributed by atoms with E-state index >= 15 is 0 Å². The molecule has 2 aliphatic carbocycles. The third-order valence-electron chi connectivity index (χ3n) is 10.7. The molecular formula is C47H48. The second-order valence-electron chi connectivity index (χ2n) is 16.0. The summed E-state index contributed by atoms with van der Waals surface area (Å²) in [5.41, 5.74) is 17.7. The van der Waals surface area contributed by atoms with Crippen molar-refractivity contribution >= 4 is 0 Å². The number of hydrogen-bond acceptors (Lipinski definition) is 0. The van der Waals surface area contributed by atoms with Crippen LogP contribution in [0.15, 0.2) is 127 Å². The van der Waals surface area contributed by atoms with Crippen LogP contribution in [0.4, 0.5) is 0 Å². The van der Waals surface area contributed by atoms with Crippen LogP contribution in [0.3, 0.4) is 0 Å². The van der Waals surface area contributed by atoms with Crippen molar-refractivity contribution in [3.05, 3.63) is 166 Å². The van der Waals surface area contributed by atoms with E-state index in [2.05, 4.69) is 183 Å². The minimum absolute atomic E-state index is 0.00151. The summed E-state index contributed by atoms with van der Waals surface area (Å²) in [5, 5.41) is 0. The number of fused-ring (bicyclic) bond motifs is 3. The van der Waals surface area contributed by atoms with Gasteiger partial charge in [-0.15, -0.1) is 0 Å². The van der Waals surface area contributed by atoms with Gasteiger partial charge in [-0.2, -0.15) is 0 Å². The van der Waals surface area contributed by atoms with Crippen molar-refractivity contribution in [3.63, 3.8) is 0 Å². The monoisotopic (exact) mass is 612 g/mol. The molecule has 0 heterocycles. The van der Waals surface area contributed by atoms with Crippen molar-refractivity contribution in [2.75, 3.05) is 0 Å². The average Bonchev–Trinajstić information content (AvgIpc) is 3.72. The molecule has 0 radical (unpaired) electrons. The number of hydrogen-bond donors (Lipinski definition) is 0. The Bertz CT molecular complexity index is 1990. The zero-order chi connectivity index (χ0) is 33.1. The van der Waals surface area contributed by atoms with Gasteiger partial charge in [0.2, 0.25) is 0 Å². The van der Waals surface area contributed by atoms with E-state index in [1.165, 1.54) is 72.3 Å². The number of allylic oxidation sites excluding steroid dienone is 4. The van der Waals surface area contributed by atoms with Gasteiger partial charge >= 0.3 is 0 Å². The van der Waals surface area contributed by atoms with Crippen molar-refractivity contribution in [2.45, 2.75) is 78.1 Å². The first-order valence-corrected chi connectivity index (χ1v) is 17.3. The van der Waals surface area contributed by atoms with Gasteiger partial charge < -0.3 is 0 Å². The molecule has 0 N–H and O–H groups in total. The highest BCUT2D eigenvalue weighted by atomic mass is 14.5. The topological polar surface area (TPSA) is 0 Å². The standard InChI is InChI=1S/C47H48/c1-31-23-25-36(26-24-31)47(8,35-21-15-16-22-35)44-40-28-34-27-38(32-17-11-9-12-18-32)41(45(2,3)4)29-37(34)39(40)30-42(46(5,6)7)43(44)33-19-13-10-14-20-33/h9-27,29-30,35H,28H2,1-8H3. The number of rotatable bonds is 5. The Morgan fingerprint density at radius 1 is 0.553 bits per heavy atom. The fourth-order valence-electron chi connectivity index (χ4n) is 8.15. The van der Waals surface area contributed by atoms with Crippen LogP contribution in [-0.4, -0.2) is 0 Å². The van der Waals surface area contributed by atoms with Crippen molar-refractivity contribution < 1.29 is 0 Å². The third kappa shape index (κ3) is 5.33. The molecule has 0 heteroatoms. The molecule has 0 amide bonds. The van der Waals surface area contributed by atoms with Gasteiger partial charge in [-0.05, 0) is 109 Å². The van der Waals surface area contributed by atoms with Gasteiger partial charge in [0.1, 0.15) is 0 Å². The van der Waals surface area contributed by atoms with Crippen LogP contribution in [0.25, 0.3) is 33.4 Å². The second kappa shape index (κ2) is 11.4. The van der Waals surface area contributed by atoms with Crippen LogP contribution in [0.1, 0.15) is 87.4 Å². The highest BCUT2D eigenvalue weighted by Crippen LogP contribution is 2.55. The molecule has 0 aromatic heterocycles. The summed E-state index contributed by atoms with van der Waals surface area (Å²) in [6.07, 6.45) is 10.2. The van der Waals surface area contributed by atoms with Gasteiger partial charge in [0.05, 0.1) is 0 Å². The molecule has 0 fully saturated rings. The molecule has 5 aromatic rings. The van der Waals surface area contributed by atoms with Gasteiger partial charge in [-0.3, -0.25) is 0 Å². The van der Waals surface area contributed by atoms with Gasteiger partial charge in [-0.25, -0.2) is 0 Å². The predicted octanol–water partition coefficient (Wildman–Crippen LogP) is 12.5. The average molecular weight is 613 g/mol. The van der Waals surface area contributed by atoms with E-state index < -0.39 is 0 Å². The lowest BCUT2D eigenvalue weighted by Crippen LogP contribution is -2.34. The van der Waals surface area contributed by atoms with Crippen LogP contribution < -0.4 is 0 Å². The summed E-state index contributed by atoms with van der Waals surface area (Å²) in [5.74, 6) is 0.237. The summed E-state index contributed by atoms with van der Waals surface area (Å²) in [6.45, 7) is 18.9. The highest BCUT2D eigenvalue weighted by Gasteiger charge is 2.43. The molecule has 0 saturated carbocycles. The van der Waals surface area contributed by atoms with E-state index in [-0.39, 0.29) is 22.2 Å². The maximum Gasteiger partial charge on any atom is 0.0281 e. The summed E-state index contributed by atoms with van der Waals surface area (Å²) < 4.78 is 0. The Balaban J connectivity index is 1.62. The molecule has 0 saturated heterocycles. The molecular weight excluding hydrogens is 565 g/mol. The molecule has 7 rings (SSSR count). The number of benzene rings is 5. The zero-order valence-corrected chi connectivity index (χ0v) is 29.4. The molecule has 0 spiro atoms. The van der Waals surface area contributed by atoms with E-state index in [0.29, 0.717) is 0 Å².